The summed E-state index contributed by atoms with van der Waals surface area (Å²) in [5, 5.41) is 7.22. The average Bonchev–Trinajstić information content (AvgIpc) is 2.97. The quantitative estimate of drug-likeness (QED) is 0.908. The Labute approximate surface area is 124 Å². The Morgan fingerprint density at radius 1 is 1.45 bits per heavy atom. The average molecular weight is 293 g/mol. The summed E-state index contributed by atoms with van der Waals surface area (Å²) in [5.74, 6) is 0.661. The van der Waals surface area contributed by atoms with E-state index in [9.17, 15) is 4.79 Å². The fraction of sp³-hybridized carbons (Fsp3) is 0.667. The summed E-state index contributed by atoms with van der Waals surface area (Å²) in [4.78, 5) is 16.9. The van der Waals surface area contributed by atoms with Gasteiger partial charge in [-0.05, 0) is 61.2 Å². The summed E-state index contributed by atoms with van der Waals surface area (Å²) in [5.41, 5.74) is 1.19. The van der Waals surface area contributed by atoms with Gasteiger partial charge in [-0.2, -0.15) is 11.3 Å². The van der Waals surface area contributed by atoms with E-state index in [1.54, 1.807) is 11.3 Å². The first-order chi connectivity index (χ1) is 9.74. The number of fused-ring (bicyclic) bond motifs is 1. The monoisotopic (exact) mass is 293 g/mol. The maximum absolute atomic E-state index is 12.4. The molecular weight excluding hydrogens is 270 g/mol. The molecule has 0 saturated carbocycles. The van der Waals surface area contributed by atoms with Gasteiger partial charge in [-0.15, -0.1) is 0 Å². The maximum Gasteiger partial charge on any atom is 0.317 e. The number of amides is 2. The number of nitrogens with zero attached hydrogens (tertiary/aromatic N) is 2. The van der Waals surface area contributed by atoms with Crippen molar-refractivity contribution in [2.24, 2.45) is 5.92 Å². The van der Waals surface area contributed by atoms with E-state index < -0.39 is 0 Å². The first-order valence-corrected chi connectivity index (χ1v) is 8.42. The zero-order valence-corrected chi connectivity index (χ0v) is 12.9. The lowest BCUT2D eigenvalue weighted by molar-refractivity contribution is 0.0532. The number of hydrogen-bond acceptors (Lipinski definition) is 3. The second kappa shape index (κ2) is 6.14. The van der Waals surface area contributed by atoms with Gasteiger partial charge in [0.25, 0.3) is 0 Å². The molecule has 1 aromatic rings. The van der Waals surface area contributed by atoms with Gasteiger partial charge in [0.15, 0.2) is 0 Å². The van der Waals surface area contributed by atoms with E-state index in [-0.39, 0.29) is 6.03 Å². The zero-order valence-electron chi connectivity index (χ0n) is 12.0. The molecule has 0 aliphatic carbocycles. The highest BCUT2D eigenvalue weighted by molar-refractivity contribution is 7.07. The number of carbonyl (C=O) groups excluding carboxylic acids is 1. The van der Waals surface area contributed by atoms with Gasteiger partial charge in [-0.25, -0.2) is 4.79 Å². The van der Waals surface area contributed by atoms with E-state index >= 15 is 0 Å². The number of hydrogen-bond donors (Lipinski definition) is 1. The molecule has 4 nitrogen and oxygen atoms in total. The molecule has 3 rings (SSSR count). The van der Waals surface area contributed by atoms with Crippen molar-refractivity contribution in [1.82, 2.24) is 15.1 Å². The highest BCUT2D eigenvalue weighted by Gasteiger charge is 2.37. The minimum atomic E-state index is 0.121. The fourth-order valence-corrected chi connectivity index (χ4v) is 4.18. The molecule has 2 aliphatic heterocycles. The van der Waals surface area contributed by atoms with Crippen molar-refractivity contribution in [2.45, 2.75) is 31.8 Å². The summed E-state index contributed by atoms with van der Waals surface area (Å²) < 4.78 is 0. The van der Waals surface area contributed by atoms with Gasteiger partial charge < -0.3 is 15.1 Å². The minimum absolute atomic E-state index is 0.121. The highest BCUT2D eigenvalue weighted by atomic mass is 32.1. The Balaban J connectivity index is 1.58. The predicted octanol–water partition coefficient (Wildman–Crippen LogP) is 2.37. The third kappa shape index (κ3) is 2.99. The highest BCUT2D eigenvalue weighted by Crippen LogP contribution is 2.30. The fourth-order valence-electron chi connectivity index (χ4n) is 3.51. The molecule has 2 fully saturated rings. The van der Waals surface area contributed by atoms with Gasteiger partial charge >= 0.3 is 6.03 Å². The topological polar surface area (TPSA) is 35.6 Å². The molecule has 2 atom stereocenters. The Kier molecular flexibility index (Phi) is 4.27. The number of rotatable bonds is 2. The Hall–Kier alpha value is -1.07. The second-order valence-corrected chi connectivity index (χ2v) is 6.78. The molecule has 2 amide bonds. The lowest BCUT2D eigenvalue weighted by Gasteiger charge is -2.46. The van der Waals surface area contributed by atoms with Gasteiger partial charge in [0, 0.05) is 25.7 Å². The smallest absolute Gasteiger partial charge is 0.317 e. The number of nitrogens with one attached hydrogen (secondary N) is 1. The van der Waals surface area contributed by atoms with Gasteiger partial charge in [-0.3, -0.25) is 0 Å². The molecule has 2 saturated heterocycles. The minimum Gasteiger partial charge on any atom is -0.334 e. The molecule has 3 heterocycles. The number of likely N-dealkylation sites (tertiary alicyclic amines) is 2. The lowest BCUT2D eigenvalue weighted by atomic mass is 9.84. The van der Waals surface area contributed by atoms with Crippen molar-refractivity contribution >= 4 is 17.4 Å². The van der Waals surface area contributed by atoms with Crippen LogP contribution in [0.25, 0.3) is 0 Å². The van der Waals surface area contributed by atoms with Crippen LogP contribution in [-0.4, -0.2) is 48.6 Å². The molecule has 0 bridgehead atoms. The molecule has 0 spiro atoms. The number of carbonyl (C=O) groups is 1. The Morgan fingerprint density at radius 2 is 2.35 bits per heavy atom. The van der Waals surface area contributed by atoms with E-state index in [0.717, 1.165) is 32.5 Å². The van der Waals surface area contributed by atoms with Crippen molar-refractivity contribution < 1.29 is 4.79 Å². The normalized spacial score (nSPS) is 27.1. The number of thiophene rings is 1. The molecule has 20 heavy (non-hydrogen) atoms. The molecule has 0 aromatic carbocycles. The van der Waals surface area contributed by atoms with E-state index in [2.05, 4.69) is 39.0 Å². The summed E-state index contributed by atoms with van der Waals surface area (Å²) >= 11 is 1.67. The van der Waals surface area contributed by atoms with Crippen LogP contribution >= 0.6 is 11.3 Å². The second-order valence-electron chi connectivity index (χ2n) is 6.00. The van der Waals surface area contributed by atoms with Gasteiger partial charge in [0.05, 0.1) is 0 Å². The van der Waals surface area contributed by atoms with E-state index in [0.29, 0.717) is 18.5 Å². The summed E-state index contributed by atoms with van der Waals surface area (Å²) in [7, 11) is 2.19. The zero-order chi connectivity index (χ0) is 13.9. The lowest BCUT2D eigenvalue weighted by Crippen LogP contribution is -2.57. The number of urea groups is 1. The van der Waals surface area contributed by atoms with Crippen LogP contribution in [0, 0.1) is 5.92 Å². The molecule has 5 heteroatoms. The van der Waals surface area contributed by atoms with Crippen LogP contribution in [0.5, 0.6) is 0 Å². The molecule has 0 radical (unpaired) electrons. The van der Waals surface area contributed by atoms with Crippen molar-refractivity contribution in [3.05, 3.63) is 22.4 Å². The Bertz CT molecular complexity index is 448. The van der Waals surface area contributed by atoms with Crippen LogP contribution in [-0.2, 0) is 6.54 Å². The van der Waals surface area contributed by atoms with Crippen LogP contribution in [0.15, 0.2) is 16.8 Å². The van der Waals surface area contributed by atoms with Gasteiger partial charge in [-0.1, -0.05) is 0 Å². The largest absolute Gasteiger partial charge is 0.334 e. The predicted molar refractivity (Wildman–Crippen MR) is 81.9 cm³/mol. The standard InChI is InChI=1S/C15H23N3OS/c1-17-7-4-14-13(10-17)3-2-6-18(14)15(19)16-9-12-5-8-20-11-12/h5,8,11,13-14H,2-4,6-7,9-10H2,1H3,(H,16,19). The molecule has 2 unspecified atom stereocenters. The SMILES string of the molecule is CN1CCC2C(CCCN2C(=O)NCc2ccsc2)C1. The van der Waals surface area contributed by atoms with E-state index in [1.165, 1.54) is 12.0 Å². The van der Waals surface area contributed by atoms with Crippen LogP contribution in [0.1, 0.15) is 24.8 Å². The third-order valence-electron chi connectivity index (χ3n) is 4.56. The summed E-state index contributed by atoms with van der Waals surface area (Å²) in [6.07, 6.45) is 3.53. The van der Waals surface area contributed by atoms with Gasteiger partial charge in [0.2, 0.25) is 0 Å². The third-order valence-corrected chi connectivity index (χ3v) is 5.29. The molecule has 1 N–H and O–H groups in total. The van der Waals surface area contributed by atoms with Crippen molar-refractivity contribution in [3.8, 4) is 0 Å². The summed E-state index contributed by atoms with van der Waals surface area (Å²) in [6, 6.07) is 2.64. The van der Waals surface area contributed by atoms with Gasteiger partial charge in [0.1, 0.15) is 0 Å². The van der Waals surface area contributed by atoms with Crippen LogP contribution < -0.4 is 5.32 Å². The van der Waals surface area contributed by atoms with E-state index in [4.69, 9.17) is 0 Å². The molecule has 110 valence electrons. The molecule has 1 aromatic heterocycles. The number of piperidine rings is 2. The van der Waals surface area contributed by atoms with Crippen LogP contribution in [0.4, 0.5) is 4.79 Å². The molecular formula is C15H23N3OS. The van der Waals surface area contributed by atoms with Crippen LogP contribution in [0.2, 0.25) is 0 Å². The van der Waals surface area contributed by atoms with E-state index in [1.807, 2.05) is 0 Å². The van der Waals surface area contributed by atoms with Crippen molar-refractivity contribution in [1.29, 1.82) is 0 Å². The summed E-state index contributed by atoms with van der Waals surface area (Å²) in [6.45, 7) is 3.81. The van der Waals surface area contributed by atoms with Crippen molar-refractivity contribution in [2.75, 3.05) is 26.7 Å². The first-order valence-electron chi connectivity index (χ1n) is 7.48. The van der Waals surface area contributed by atoms with Crippen molar-refractivity contribution in [3.63, 3.8) is 0 Å². The molecule has 2 aliphatic rings. The van der Waals surface area contributed by atoms with Crippen LogP contribution in [0.3, 0.4) is 0 Å². The maximum atomic E-state index is 12.4. The first kappa shape index (κ1) is 13.9. The Morgan fingerprint density at radius 3 is 3.15 bits per heavy atom.